The Morgan fingerprint density at radius 2 is 2.00 bits per heavy atom. The number of nitrogens with one attached hydrogen (secondary N) is 1. The Hall–Kier alpha value is -1.60. The summed E-state index contributed by atoms with van der Waals surface area (Å²) in [6.45, 7) is 2.57. The van der Waals surface area contributed by atoms with Crippen LogP contribution in [0.2, 0.25) is 5.02 Å². The van der Waals surface area contributed by atoms with E-state index in [1.54, 1.807) is 21.8 Å². The minimum Gasteiger partial charge on any atom is -0.346 e. The molecule has 0 aliphatic rings. The molecular weight excluding hydrogens is 296 g/mol. The fourth-order valence-corrected chi connectivity index (χ4v) is 2.14. The molecule has 2 rings (SSSR count). The van der Waals surface area contributed by atoms with Gasteiger partial charge in [-0.25, -0.2) is 0 Å². The van der Waals surface area contributed by atoms with Crippen molar-refractivity contribution in [1.82, 2.24) is 24.5 Å². The average Bonchev–Trinajstić information content (AvgIpc) is 2.88. The van der Waals surface area contributed by atoms with E-state index in [0.717, 1.165) is 17.1 Å². The summed E-state index contributed by atoms with van der Waals surface area (Å²) in [4.78, 5) is 1.91. The van der Waals surface area contributed by atoms with Gasteiger partial charge in [-0.3, -0.25) is 9.36 Å². The number of hydrogen-bond donors (Lipinski definition) is 1. The molecule has 2 heterocycles. The molecule has 0 fully saturated rings. The van der Waals surface area contributed by atoms with Crippen LogP contribution in [0.15, 0.2) is 12.4 Å². The van der Waals surface area contributed by atoms with Gasteiger partial charge in [0.25, 0.3) is 0 Å². The predicted octanol–water partition coefficient (Wildman–Crippen LogP) is 1.94. The van der Waals surface area contributed by atoms with Gasteiger partial charge < -0.3 is 10.2 Å². The first-order valence-corrected chi connectivity index (χ1v) is 6.86. The molecule has 6 nitrogen and oxygen atoms in total. The van der Waals surface area contributed by atoms with Crippen LogP contribution in [-0.4, -0.2) is 36.6 Å². The van der Waals surface area contributed by atoms with Gasteiger partial charge in [-0.1, -0.05) is 11.6 Å². The molecule has 0 saturated heterocycles. The minimum atomic E-state index is 0.584. The zero-order valence-electron chi connectivity index (χ0n) is 11.9. The molecule has 0 aromatic carbocycles. The Bertz CT molecular complexity index is 612. The molecule has 0 spiro atoms. The van der Waals surface area contributed by atoms with Crippen molar-refractivity contribution in [2.45, 2.75) is 13.5 Å². The molecule has 0 aliphatic heterocycles. The van der Waals surface area contributed by atoms with E-state index < -0.39 is 0 Å². The lowest BCUT2D eigenvalue weighted by Crippen LogP contribution is -2.31. The zero-order chi connectivity index (χ0) is 14.9. The minimum absolute atomic E-state index is 0.584. The van der Waals surface area contributed by atoms with Crippen LogP contribution < -0.4 is 5.32 Å². The largest absolute Gasteiger partial charge is 0.346 e. The number of rotatable bonds is 3. The maximum Gasteiger partial charge on any atom is 0.173 e. The van der Waals surface area contributed by atoms with E-state index in [0.29, 0.717) is 16.7 Å². The highest BCUT2D eigenvalue weighted by molar-refractivity contribution is 7.80. The number of nitrogens with zero attached hydrogens (tertiary/aromatic N) is 5. The van der Waals surface area contributed by atoms with Crippen molar-refractivity contribution < 1.29 is 0 Å². The number of aromatic nitrogens is 4. The van der Waals surface area contributed by atoms with E-state index in [1.165, 1.54) is 0 Å². The van der Waals surface area contributed by atoms with E-state index in [-0.39, 0.29) is 0 Å². The van der Waals surface area contributed by atoms with Gasteiger partial charge in [0.15, 0.2) is 5.11 Å². The highest BCUT2D eigenvalue weighted by atomic mass is 35.5. The number of anilines is 1. The molecule has 0 unspecified atom stereocenters. The summed E-state index contributed by atoms with van der Waals surface area (Å²) in [6, 6.07) is 0. The lowest BCUT2D eigenvalue weighted by atomic mass is 10.4. The van der Waals surface area contributed by atoms with Gasteiger partial charge >= 0.3 is 0 Å². The summed E-state index contributed by atoms with van der Waals surface area (Å²) in [5.74, 6) is 0. The summed E-state index contributed by atoms with van der Waals surface area (Å²) >= 11 is 11.5. The fourth-order valence-electron chi connectivity index (χ4n) is 1.74. The normalized spacial score (nSPS) is 10.7. The summed E-state index contributed by atoms with van der Waals surface area (Å²) in [6.07, 6.45) is 3.39. The quantitative estimate of drug-likeness (QED) is 0.878. The van der Waals surface area contributed by atoms with Gasteiger partial charge in [0.05, 0.1) is 41.0 Å². The Balaban J connectivity index is 2.04. The molecule has 20 heavy (non-hydrogen) atoms. The maximum atomic E-state index is 6.10. The molecule has 0 bridgehead atoms. The van der Waals surface area contributed by atoms with Crippen molar-refractivity contribution in [3.8, 4) is 0 Å². The van der Waals surface area contributed by atoms with Crippen LogP contribution in [0.4, 0.5) is 5.69 Å². The Morgan fingerprint density at radius 1 is 1.35 bits per heavy atom. The first kappa shape index (κ1) is 14.8. The Morgan fingerprint density at radius 3 is 2.50 bits per heavy atom. The summed E-state index contributed by atoms with van der Waals surface area (Å²) in [7, 11) is 5.66. The van der Waals surface area contributed by atoms with Crippen molar-refractivity contribution >= 4 is 34.6 Å². The van der Waals surface area contributed by atoms with Crippen molar-refractivity contribution in [2.24, 2.45) is 14.1 Å². The lowest BCUT2D eigenvalue weighted by molar-refractivity contribution is 0.482. The van der Waals surface area contributed by atoms with E-state index in [9.17, 15) is 0 Å². The molecule has 2 aromatic heterocycles. The van der Waals surface area contributed by atoms with Crippen molar-refractivity contribution in [1.29, 1.82) is 0 Å². The molecule has 0 saturated carbocycles. The van der Waals surface area contributed by atoms with Gasteiger partial charge in [0.2, 0.25) is 0 Å². The smallest absolute Gasteiger partial charge is 0.173 e. The number of halogens is 1. The second kappa shape index (κ2) is 5.80. The predicted molar refractivity (Wildman–Crippen MR) is 83.9 cm³/mol. The molecule has 2 aromatic rings. The van der Waals surface area contributed by atoms with Crippen molar-refractivity contribution in [2.75, 3.05) is 12.4 Å². The molecule has 108 valence electrons. The molecular formula is C12H17ClN6S. The van der Waals surface area contributed by atoms with Gasteiger partial charge in [0, 0.05) is 21.1 Å². The van der Waals surface area contributed by atoms with Gasteiger partial charge in [-0.05, 0) is 19.1 Å². The van der Waals surface area contributed by atoms with Crippen LogP contribution >= 0.6 is 23.8 Å². The third-order valence-corrected chi connectivity index (χ3v) is 3.95. The lowest BCUT2D eigenvalue weighted by Gasteiger charge is -2.21. The molecule has 8 heteroatoms. The third kappa shape index (κ3) is 2.94. The van der Waals surface area contributed by atoms with Gasteiger partial charge in [0.1, 0.15) is 0 Å². The first-order chi connectivity index (χ1) is 9.40. The molecule has 0 atom stereocenters. The topological polar surface area (TPSA) is 50.9 Å². The standard InChI is InChI=1S/C12H17ClN6S/c1-8-10(6-15-18(8)3)16-12(20)17(2)7-11-9(13)5-14-19(11)4/h5-6H,7H2,1-4H3,(H,16,20). The van der Waals surface area contributed by atoms with E-state index in [2.05, 4.69) is 15.5 Å². The van der Waals surface area contributed by atoms with Crippen LogP contribution in [0.3, 0.4) is 0 Å². The second-order valence-electron chi connectivity index (χ2n) is 4.62. The summed E-state index contributed by atoms with van der Waals surface area (Å²) in [5, 5.41) is 12.7. The van der Waals surface area contributed by atoms with Gasteiger partial charge in [-0.15, -0.1) is 0 Å². The first-order valence-electron chi connectivity index (χ1n) is 6.07. The highest BCUT2D eigenvalue weighted by Crippen LogP contribution is 2.17. The van der Waals surface area contributed by atoms with Crippen LogP contribution in [0.25, 0.3) is 0 Å². The van der Waals surface area contributed by atoms with Crippen molar-refractivity contribution in [3.63, 3.8) is 0 Å². The van der Waals surface area contributed by atoms with Gasteiger partial charge in [-0.2, -0.15) is 10.2 Å². The highest BCUT2D eigenvalue weighted by Gasteiger charge is 2.13. The van der Waals surface area contributed by atoms with E-state index in [1.807, 2.05) is 33.0 Å². The second-order valence-corrected chi connectivity index (χ2v) is 5.41. The summed E-state index contributed by atoms with van der Waals surface area (Å²) < 4.78 is 3.54. The number of hydrogen-bond acceptors (Lipinski definition) is 3. The molecule has 0 amide bonds. The number of aryl methyl sites for hydroxylation is 2. The molecule has 1 N–H and O–H groups in total. The SMILES string of the molecule is Cc1c(NC(=S)N(C)Cc2c(Cl)cnn2C)cnn1C. The maximum absolute atomic E-state index is 6.10. The van der Waals surface area contributed by atoms with Crippen LogP contribution in [0.5, 0.6) is 0 Å². The molecule has 0 radical (unpaired) electrons. The Labute approximate surface area is 128 Å². The average molecular weight is 313 g/mol. The zero-order valence-corrected chi connectivity index (χ0v) is 13.5. The van der Waals surface area contributed by atoms with Crippen LogP contribution in [0, 0.1) is 6.92 Å². The molecule has 0 aliphatic carbocycles. The summed E-state index contributed by atoms with van der Waals surface area (Å²) in [5.41, 5.74) is 2.85. The van der Waals surface area contributed by atoms with Crippen LogP contribution in [-0.2, 0) is 20.6 Å². The van der Waals surface area contributed by atoms with E-state index in [4.69, 9.17) is 23.8 Å². The fraction of sp³-hybridized carbons (Fsp3) is 0.417. The third-order valence-electron chi connectivity index (χ3n) is 3.22. The van der Waals surface area contributed by atoms with Crippen molar-refractivity contribution in [3.05, 3.63) is 28.8 Å². The van der Waals surface area contributed by atoms with E-state index >= 15 is 0 Å². The monoisotopic (exact) mass is 312 g/mol. The van der Waals surface area contributed by atoms with Crippen LogP contribution in [0.1, 0.15) is 11.4 Å². The Kier molecular flexibility index (Phi) is 4.29. The number of thiocarbonyl (C=S) groups is 1.